The van der Waals surface area contributed by atoms with Gasteiger partial charge in [0, 0.05) is 60.0 Å². The summed E-state index contributed by atoms with van der Waals surface area (Å²) in [6.07, 6.45) is 0. The maximum atomic E-state index is 13.7. The Morgan fingerprint density at radius 2 is 0.372 bits per heavy atom. The van der Waals surface area contributed by atoms with Gasteiger partial charge in [-0.3, -0.25) is 9.59 Å². The third-order valence-electron chi connectivity index (χ3n) is 29.8. The first-order chi connectivity index (χ1) is 72.0. The van der Waals surface area contributed by atoms with Crippen LogP contribution in [-0.4, -0.2) is 21.8 Å². The van der Waals surface area contributed by atoms with Gasteiger partial charge in [0.1, 0.15) is 11.2 Å². The summed E-state index contributed by atoms with van der Waals surface area (Å²) in [5, 5.41) is 42.0. The third kappa shape index (κ3) is 17.1. The standard InChI is InChI=1S/C58H40O2.C58H38.C26H16O2.Ar.Li.H/c59-57(45-33-28-42(29-34-45)50-24-12-18-40-16-4-6-20-47(40)50)53-26-10-11-27-54(53)58(60,46-35-30-43(31-36-46)51-25-13-19-41-17-5-7-21-48(41)51)56-38-44(32-37-55(56)57)52-23-9-8-22-49(52)39-14-2-1-3-15-39;1-2-14-39(15-3-1)49-22-8-9-23-52(49)46-36-37-55-56(38-46)58(45-34-30-43(31-35-45)51-27-13-19-41-17-5-7-21-48(41)51)54-25-11-10-24-53(54)57(55)44-32-28-42(29-33-44)50-26-12-18-40-16-4-6-20-47(40)50;27-25-21-12-6-7-13-22(21)26(28)24-16-18(14-15-23(24)25)20-11-5-4-10-19(20)17-8-2-1-3-9-17;;;/h1-38,59-60H;1-38H;1-16H;;;/q;;;;+1;-1. The van der Waals surface area contributed by atoms with Crippen LogP contribution in [0.2, 0.25) is 0 Å². The molecule has 0 amide bonds. The molecule has 2 aliphatic carbocycles. The van der Waals surface area contributed by atoms with Crippen molar-refractivity contribution in [1.82, 2.24) is 0 Å². The van der Waals surface area contributed by atoms with Crippen molar-refractivity contribution >= 4 is 76.2 Å². The second-order valence-corrected chi connectivity index (χ2v) is 37.9. The van der Waals surface area contributed by atoms with Crippen LogP contribution in [0.15, 0.2) is 558 Å². The van der Waals surface area contributed by atoms with E-state index < -0.39 is 11.2 Å². The van der Waals surface area contributed by atoms with Crippen molar-refractivity contribution in [3.05, 3.63) is 614 Å². The maximum Gasteiger partial charge on any atom is 1.00 e. The molecule has 0 saturated heterocycles. The van der Waals surface area contributed by atoms with Crippen molar-refractivity contribution in [3.63, 3.8) is 0 Å². The van der Waals surface area contributed by atoms with Gasteiger partial charge in [-0.05, 0) is 256 Å². The van der Waals surface area contributed by atoms with Crippen molar-refractivity contribution in [1.29, 1.82) is 0 Å². The predicted molar refractivity (Wildman–Crippen MR) is 608 cm³/mol. The number of fused-ring (bicyclic) bond motifs is 10. The molecular weight excluding hydrogens is 1820 g/mol. The van der Waals surface area contributed by atoms with Crippen molar-refractivity contribution in [2.24, 2.45) is 0 Å². The minimum absolute atomic E-state index is 0. The maximum absolute atomic E-state index is 13.7. The van der Waals surface area contributed by atoms with Gasteiger partial charge in [0.15, 0.2) is 11.6 Å². The summed E-state index contributed by atoms with van der Waals surface area (Å²) in [5.41, 5.74) is 30.3. The van der Waals surface area contributed by atoms with Crippen molar-refractivity contribution in [2.45, 2.75) is 11.2 Å². The van der Waals surface area contributed by atoms with Crippen LogP contribution in [0.4, 0.5) is 0 Å². The molecule has 27 rings (SSSR count). The fraction of sp³-hybridized carbons (Fsp3) is 0.0141. The average Bonchev–Trinajstić information content (AvgIpc) is 0.687. The smallest absolute Gasteiger partial charge is 1.00 e. The summed E-state index contributed by atoms with van der Waals surface area (Å²) in [6, 6.07) is 195. The normalized spacial score (nSPS) is 13.7. The Bertz CT molecular complexity index is 9400. The predicted octanol–water partition coefficient (Wildman–Crippen LogP) is 32.8. The number of ketones is 2. The van der Waals surface area contributed by atoms with Crippen molar-refractivity contribution < 1.29 is 77.8 Å². The zero-order valence-electron chi connectivity index (χ0n) is 82.2. The van der Waals surface area contributed by atoms with Crippen LogP contribution in [0.5, 0.6) is 0 Å². The van der Waals surface area contributed by atoms with Crippen LogP contribution in [0.25, 0.3) is 198 Å². The summed E-state index contributed by atoms with van der Waals surface area (Å²) in [5.74, 6) is -0.183. The van der Waals surface area contributed by atoms with Crippen LogP contribution < -0.4 is 18.9 Å². The second kappa shape index (κ2) is 40.6. The Morgan fingerprint density at radius 1 is 0.149 bits per heavy atom. The Balaban J connectivity index is 0.000000133. The molecule has 0 aliphatic heterocycles. The molecule has 0 bridgehead atoms. The van der Waals surface area contributed by atoms with E-state index in [9.17, 15) is 19.8 Å². The third-order valence-corrected chi connectivity index (χ3v) is 29.8. The molecule has 0 aromatic heterocycles. The number of carbonyl (C=O) groups excluding carboxylic acids is 2. The minimum Gasteiger partial charge on any atom is -1.00 e. The van der Waals surface area contributed by atoms with Gasteiger partial charge in [-0.15, -0.1) is 0 Å². The van der Waals surface area contributed by atoms with E-state index in [2.05, 4.69) is 419 Å². The average molecular weight is 1910 g/mol. The molecule has 0 spiro atoms. The fourth-order valence-corrected chi connectivity index (χ4v) is 22.7. The molecule has 2 unspecified atom stereocenters. The number of hydrogen-bond donors (Lipinski definition) is 2. The second-order valence-electron chi connectivity index (χ2n) is 37.9. The molecule has 0 saturated carbocycles. The Labute approximate surface area is 904 Å². The van der Waals surface area contributed by atoms with E-state index in [-0.39, 0.29) is 69.6 Å². The molecule has 0 heterocycles. The molecular formula is C142H95ArLiO4. The van der Waals surface area contributed by atoms with Gasteiger partial charge in [0.05, 0.1) is 0 Å². The molecule has 0 fully saturated rings. The van der Waals surface area contributed by atoms with Gasteiger partial charge < -0.3 is 11.6 Å². The molecule has 2 N–H and O–H groups in total. The summed E-state index contributed by atoms with van der Waals surface area (Å²) >= 11 is 0. The van der Waals surface area contributed by atoms with E-state index in [1.807, 2.05) is 109 Å². The Morgan fingerprint density at radius 3 is 0.750 bits per heavy atom. The first-order valence-corrected chi connectivity index (χ1v) is 49.8. The molecule has 6 heteroatoms. The number of carbonyl (C=O) groups is 2. The first-order valence-electron chi connectivity index (χ1n) is 49.8. The number of benzene rings is 25. The largest absolute Gasteiger partial charge is 1.00 e. The SMILES string of the molecule is O=C1c2ccccc2C(=O)c2cc(-c3ccccc3-c3ccccc3)ccc21.OC1(c2ccc(-c3cccc4ccccc34)cc2)c2ccccc2C(O)(c2ccc(-c3cccc4ccccc34)cc2)c2cc(-c3ccccc3-c3ccccc3)ccc21.[Ar].[H-].[Li+].c1ccc(-c2ccccc2-c2ccc3c(-c4ccc(-c5cccc6ccccc56)cc4)c4ccccc4c(-c4ccc(-c5cccc6ccccc56)cc4)c3c2)cc1. The van der Waals surface area contributed by atoms with E-state index in [1.165, 1.54) is 131 Å². The quantitative estimate of drug-likeness (QED) is 0.0840. The van der Waals surface area contributed by atoms with E-state index >= 15 is 0 Å². The molecule has 2 atom stereocenters. The Hall–Kier alpha value is -16.8. The first kappa shape index (κ1) is 94.7. The fourth-order valence-electron chi connectivity index (χ4n) is 22.7. The van der Waals surface area contributed by atoms with Gasteiger partial charge >= 0.3 is 18.9 Å². The summed E-state index contributed by atoms with van der Waals surface area (Å²) < 4.78 is 0. The van der Waals surface area contributed by atoms with E-state index in [0.717, 1.165) is 77.9 Å². The van der Waals surface area contributed by atoms with Gasteiger partial charge in [0.25, 0.3) is 0 Å². The van der Waals surface area contributed by atoms with E-state index in [4.69, 9.17) is 0 Å². The Kier molecular flexibility index (Phi) is 26.0. The molecule has 696 valence electrons. The molecule has 0 radical (unpaired) electrons. The van der Waals surface area contributed by atoms with Gasteiger partial charge in [-0.25, -0.2) is 0 Å². The summed E-state index contributed by atoms with van der Waals surface area (Å²) in [6.45, 7) is 0. The monoisotopic (exact) mass is 1910 g/mol. The zero-order valence-corrected chi connectivity index (χ0v) is 81.9. The minimum atomic E-state index is -1.60. The van der Waals surface area contributed by atoms with Crippen LogP contribution in [0.3, 0.4) is 0 Å². The summed E-state index contributed by atoms with van der Waals surface area (Å²) in [7, 11) is 0. The number of rotatable bonds is 14. The van der Waals surface area contributed by atoms with Crippen molar-refractivity contribution in [2.75, 3.05) is 0 Å². The van der Waals surface area contributed by atoms with Crippen LogP contribution >= 0.6 is 0 Å². The summed E-state index contributed by atoms with van der Waals surface area (Å²) in [4.78, 5) is 25.9. The van der Waals surface area contributed by atoms with Gasteiger partial charge in [-0.2, -0.15) is 0 Å². The topological polar surface area (TPSA) is 74.6 Å². The number of hydrogen-bond acceptors (Lipinski definition) is 4. The van der Waals surface area contributed by atoms with Crippen LogP contribution in [0, 0.1) is 37.7 Å². The molecule has 148 heavy (non-hydrogen) atoms. The zero-order chi connectivity index (χ0) is 97.8. The molecule has 2 aliphatic rings. The van der Waals surface area contributed by atoms with Gasteiger partial charge in [0.2, 0.25) is 0 Å². The number of aliphatic hydroxyl groups is 2. The molecule has 4 nitrogen and oxygen atoms in total. The van der Waals surface area contributed by atoms with Gasteiger partial charge in [-0.1, -0.05) is 534 Å². The molecule has 25 aromatic carbocycles. The van der Waals surface area contributed by atoms with Crippen molar-refractivity contribution in [3.8, 4) is 134 Å². The van der Waals surface area contributed by atoms with E-state index in [0.29, 0.717) is 44.5 Å². The van der Waals surface area contributed by atoms with Crippen LogP contribution in [-0.2, 0) is 11.2 Å². The van der Waals surface area contributed by atoms with Crippen LogP contribution in [0.1, 0.15) is 66.7 Å². The molecule has 25 aromatic rings. The van der Waals surface area contributed by atoms with E-state index in [1.54, 1.807) is 30.3 Å².